The highest BCUT2D eigenvalue weighted by Crippen LogP contribution is 2.20. The van der Waals surface area contributed by atoms with Crippen molar-refractivity contribution in [3.05, 3.63) is 60.2 Å². The van der Waals surface area contributed by atoms with Crippen LogP contribution in [0.15, 0.2) is 54.6 Å². The molecule has 0 aromatic heterocycles. The number of rotatable bonds is 5. The van der Waals surface area contributed by atoms with Gasteiger partial charge in [0.05, 0.1) is 7.11 Å². The van der Waals surface area contributed by atoms with Crippen LogP contribution in [0.1, 0.15) is 26.3 Å². The van der Waals surface area contributed by atoms with Gasteiger partial charge in [-0.05, 0) is 42.0 Å². The lowest BCUT2D eigenvalue weighted by Crippen LogP contribution is -2.27. The number of anilines is 2. The molecular weight excluding hydrogens is 328 g/mol. The normalized spacial score (nSPS) is 11.2. The maximum atomic E-state index is 12.1. The SMILES string of the molecule is COc1ccc(/C=C/C(=O)Nc2cccc(NC(=O)C(C)(C)C)c2)cc1. The van der Waals surface area contributed by atoms with Gasteiger partial charge in [-0.25, -0.2) is 0 Å². The zero-order valence-electron chi connectivity index (χ0n) is 15.5. The van der Waals surface area contributed by atoms with Crippen molar-refractivity contribution in [1.29, 1.82) is 0 Å². The number of ether oxygens (including phenoxy) is 1. The highest BCUT2D eigenvalue weighted by atomic mass is 16.5. The van der Waals surface area contributed by atoms with E-state index in [-0.39, 0.29) is 11.8 Å². The molecular formula is C21H24N2O3. The van der Waals surface area contributed by atoms with E-state index >= 15 is 0 Å². The van der Waals surface area contributed by atoms with Gasteiger partial charge in [-0.15, -0.1) is 0 Å². The first-order chi connectivity index (χ1) is 12.3. The molecule has 2 aromatic rings. The van der Waals surface area contributed by atoms with Gasteiger partial charge in [0.25, 0.3) is 0 Å². The fourth-order valence-corrected chi connectivity index (χ4v) is 2.06. The molecule has 0 atom stereocenters. The summed E-state index contributed by atoms with van der Waals surface area (Å²) in [6.45, 7) is 5.54. The third kappa shape index (κ3) is 5.77. The molecule has 0 aliphatic heterocycles. The predicted octanol–water partition coefficient (Wildman–Crippen LogP) is 4.33. The molecule has 5 heteroatoms. The zero-order chi connectivity index (χ0) is 19.2. The van der Waals surface area contributed by atoms with E-state index in [4.69, 9.17) is 4.74 Å². The minimum Gasteiger partial charge on any atom is -0.497 e. The molecule has 0 spiro atoms. The fourth-order valence-electron chi connectivity index (χ4n) is 2.06. The number of hydrogen-bond donors (Lipinski definition) is 2. The van der Waals surface area contributed by atoms with Gasteiger partial charge in [0, 0.05) is 22.9 Å². The molecule has 136 valence electrons. The van der Waals surface area contributed by atoms with Crippen molar-refractivity contribution in [2.24, 2.45) is 5.41 Å². The van der Waals surface area contributed by atoms with Crippen LogP contribution >= 0.6 is 0 Å². The van der Waals surface area contributed by atoms with Gasteiger partial charge in [-0.3, -0.25) is 9.59 Å². The summed E-state index contributed by atoms with van der Waals surface area (Å²) >= 11 is 0. The molecule has 0 aliphatic rings. The summed E-state index contributed by atoms with van der Waals surface area (Å²) in [4.78, 5) is 24.1. The number of carbonyl (C=O) groups excluding carboxylic acids is 2. The van der Waals surface area contributed by atoms with Crippen LogP contribution in [0.2, 0.25) is 0 Å². The van der Waals surface area contributed by atoms with E-state index in [1.54, 1.807) is 37.5 Å². The Hall–Kier alpha value is -3.08. The highest BCUT2D eigenvalue weighted by molar-refractivity contribution is 6.02. The first-order valence-corrected chi connectivity index (χ1v) is 8.32. The van der Waals surface area contributed by atoms with E-state index in [1.165, 1.54) is 6.08 Å². The number of methoxy groups -OCH3 is 1. The largest absolute Gasteiger partial charge is 0.497 e. The average Bonchev–Trinajstić information content (AvgIpc) is 2.60. The van der Waals surface area contributed by atoms with E-state index < -0.39 is 5.41 Å². The monoisotopic (exact) mass is 352 g/mol. The Morgan fingerprint density at radius 1 is 0.962 bits per heavy atom. The van der Waals surface area contributed by atoms with Crippen molar-refractivity contribution in [2.75, 3.05) is 17.7 Å². The first-order valence-electron chi connectivity index (χ1n) is 8.32. The second-order valence-electron chi connectivity index (χ2n) is 6.88. The molecule has 0 saturated heterocycles. The summed E-state index contributed by atoms with van der Waals surface area (Å²) in [5, 5.41) is 5.63. The van der Waals surface area contributed by atoms with Crippen LogP contribution in [0.3, 0.4) is 0 Å². The third-order valence-corrected chi connectivity index (χ3v) is 3.61. The molecule has 0 saturated carbocycles. The smallest absolute Gasteiger partial charge is 0.248 e. The minimum absolute atomic E-state index is 0.0830. The highest BCUT2D eigenvalue weighted by Gasteiger charge is 2.21. The van der Waals surface area contributed by atoms with E-state index in [0.29, 0.717) is 11.4 Å². The Kier molecular flexibility index (Phi) is 6.17. The molecule has 2 amide bonds. The summed E-state index contributed by atoms with van der Waals surface area (Å²) in [6, 6.07) is 14.5. The van der Waals surface area contributed by atoms with E-state index in [2.05, 4.69) is 10.6 Å². The number of benzene rings is 2. The molecule has 2 aromatic carbocycles. The molecule has 0 aliphatic carbocycles. The Morgan fingerprint density at radius 2 is 1.58 bits per heavy atom. The van der Waals surface area contributed by atoms with Crippen molar-refractivity contribution in [1.82, 2.24) is 0 Å². The van der Waals surface area contributed by atoms with Crippen molar-refractivity contribution in [3.63, 3.8) is 0 Å². The second kappa shape index (κ2) is 8.34. The number of nitrogens with one attached hydrogen (secondary N) is 2. The molecule has 5 nitrogen and oxygen atoms in total. The lowest BCUT2D eigenvalue weighted by atomic mass is 9.95. The average molecular weight is 352 g/mol. The van der Waals surface area contributed by atoms with Crippen LogP contribution < -0.4 is 15.4 Å². The Bertz CT molecular complexity index is 803. The maximum Gasteiger partial charge on any atom is 0.248 e. The molecule has 0 fully saturated rings. The van der Waals surface area contributed by atoms with Gasteiger partial charge in [0.15, 0.2) is 0 Å². The molecule has 0 bridgehead atoms. The van der Waals surface area contributed by atoms with Gasteiger partial charge < -0.3 is 15.4 Å². The maximum absolute atomic E-state index is 12.1. The van der Waals surface area contributed by atoms with Crippen LogP contribution in [0.25, 0.3) is 6.08 Å². The second-order valence-corrected chi connectivity index (χ2v) is 6.88. The summed E-state index contributed by atoms with van der Waals surface area (Å²) in [5.74, 6) is 0.432. The Balaban J connectivity index is 1.99. The van der Waals surface area contributed by atoms with E-state index in [9.17, 15) is 9.59 Å². The van der Waals surface area contributed by atoms with Gasteiger partial charge in [-0.1, -0.05) is 39.0 Å². The third-order valence-electron chi connectivity index (χ3n) is 3.61. The summed E-state index contributed by atoms with van der Waals surface area (Å²) < 4.78 is 5.10. The van der Waals surface area contributed by atoms with E-state index in [1.807, 2.05) is 45.0 Å². The number of carbonyl (C=O) groups is 2. The van der Waals surface area contributed by atoms with Gasteiger partial charge in [-0.2, -0.15) is 0 Å². The van der Waals surface area contributed by atoms with Crippen LogP contribution in [0.4, 0.5) is 11.4 Å². The van der Waals surface area contributed by atoms with Gasteiger partial charge in [0.2, 0.25) is 11.8 Å². The van der Waals surface area contributed by atoms with Crippen molar-refractivity contribution in [3.8, 4) is 5.75 Å². The topological polar surface area (TPSA) is 67.4 Å². The van der Waals surface area contributed by atoms with Crippen LogP contribution in [0.5, 0.6) is 5.75 Å². The minimum atomic E-state index is -0.486. The Morgan fingerprint density at radius 3 is 2.15 bits per heavy atom. The van der Waals surface area contributed by atoms with Crippen LogP contribution in [0, 0.1) is 5.41 Å². The first kappa shape index (κ1) is 19.2. The van der Waals surface area contributed by atoms with Gasteiger partial charge >= 0.3 is 0 Å². The van der Waals surface area contributed by atoms with Crippen molar-refractivity contribution < 1.29 is 14.3 Å². The number of hydrogen-bond acceptors (Lipinski definition) is 3. The molecule has 0 unspecified atom stereocenters. The number of amides is 2. The van der Waals surface area contributed by atoms with Gasteiger partial charge in [0.1, 0.15) is 5.75 Å². The molecule has 2 rings (SSSR count). The summed E-state index contributed by atoms with van der Waals surface area (Å²) in [5.41, 5.74) is 1.66. The standard InChI is InChI=1S/C21H24N2O3/c1-21(2,3)20(25)23-17-7-5-6-16(14-17)22-19(24)13-10-15-8-11-18(26-4)12-9-15/h5-14H,1-4H3,(H,22,24)(H,23,25)/b13-10+. The summed E-state index contributed by atoms with van der Waals surface area (Å²) in [7, 11) is 1.61. The molecule has 0 heterocycles. The lowest BCUT2D eigenvalue weighted by molar-refractivity contribution is -0.123. The predicted molar refractivity (Wildman–Crippen MR) is 105 cm³/mol. The fraction of sp³-hybridized carbons (Fsp3) is 0.238. The van der Waals surface area contributed by atoms with E-state index in [0.717, 1.165) is 11.3 Å². The van der Waals surface area contributed by atoms with Crippen LogP contribution in [-0.4, -0.2) is 18.9 Å². The molecule has 26 heavy (non-hydrogen) atoms. The molecule has 0 radical (unpaired) electrons. The van der Waals surface area contributed by atoms with Crippen molar-refractivity contribution >= 4 is 29.3 Å². The quantitative estimate of drug-likeness (QED) is 0.787. The lowest BCUT2D eigenvalue weighted by Gasteiger charge is -2.18. The zero-order valence-corrected chi connectivity index (χ0v) is 15.5. The summed E-state index contributed by atoms with van der Waals surface area (Å²) in [6.07, 6.45) is 3.18. The molecule has 2 N–H and O–H groups in total. The van der Waals surface area contributed by atoms with Crippen molar-refractivity contribution in [2.45, 2.75) is 20.8 Å². The van der Waals surface area contributed by atoms with Crippen LogP contribution in [-0.2, 0) is 9.59 Å². The Labute approximate surface area is 154 Å².